The molecule has 2 aliphatic carbocycles. The summed E-state index contributed by atoms with van der Waals surface area (Å²) in [6.07, 6.45) is 2.07. The van der Waals surface area contributed by atoms with Gasteiger partial charge in [0.2, 0.25) is 0 Å². The fourth-order valence-corrected chi connectivity index (χ4v) is 2.45. The summed E-state index contributed by atoms with van der Waals surface area (Å²) < 4.78 is 0. The van der Waals surface area contributed by atoms with Crippen molar-refractivity contribution in [2.24, 2.45) is 11.8 Å². The van der Waals surface area contributed by atoms with Crippen LogP contribution in [0.3, 0.4) is 0 Å². The Balaban J connectivity index is 0.000000980. The zero-order valence-electron chi connectivity index (χ0n) is 8.91. The summed E-state index contributed by atoms with van der Waals surface area (Å²) >= 11 is 0. The fourth-order valence-electron chi connectivity index (χ4n) is 2.45. The summed E-state index contributed by atoms with van der Waals surface area (Å²) in [4.78, 5) is 21.3. The van der Waals surface area contributed by atoms with Crippen LogP contribution in [-0.2, 0) is 9.59 Å². The third-order valence-electron chi connectivity index (χ3n) is 2.96. The Kier molecular flexibility index (Phi) is 6.11. The summed E-state index contributed by atoms with van der Waals surface area (Å²) in [6, 6.07) is 0. The average Bonchev–Trinajstić information content (AvgIpc) is 2.60. The maximum absolute atomic E-state index is 10.7. The monoisotopic (exact) mass is 226 g/mol. The van der Waals surface area contributed by atoms with E-state index in [0.29, 0.717) is 12.8 Å². The number of carbonyl (C=O) groups excluding carboxylic acids is 2. The van der Waals surface area contributed by atoms with Crippen LogP contribution in [-0.4, -0.2) is 11.9 Å². The molecule has 0 saturated heterocycles. The Bertz CT molecular complexity index is 324. The number of carbonyl (C=O) groups is 2. The Hall–Kier alpha value is 0.680. The van der Waals surface area contributed by atoms with Crippen LogP contribution in [0.25, 0.3) is 0 Å². The minimum atomic E-state index is -1.34. The quantitative estimate of drug-likeness (QED) is 0.438. The van der Waals surface area contributed by atoms with Crippen LogP contribution in [0.1, 0.15) is 19.3 Å². The molecule has 0 spiro atoms. The number of carboxylic acid groups (broad SMARTS) is 2. The van der Waals surface area contributed by atoms with Gasteiger partial charge < -0.3 is 19.8 Å². The first-order chi connectivity index (χ1) is 6.11. The average molecular weight is 226 g/mol. The third-order valence-corrected chi connectivity index (χ3v) is 2.96. The molecular formula is C9H8Na2O4. The van der Waals surface area contributed by atoms with Crippen molar-refractivity contribution in [2.75, 3.05) is 0 Å². The Morgan fingerprint density at radius 3 is 2.20 bits per heavy atom. The molecular weight excluding hydrogens is 218 g/mol. The Labute approximate surface area is 132 Å². The van der Waals surface area contributed by atoms with Crippen molar-refractivity contribution < 1.29 is 78.9 Å². The molecule has 2 aliphatic rings. The number of allylic oxidation sites excluding steroid dienone is 1. The van der Waals surface area contributed by atoms with Crippen LogP contribution in [0.5, 0.6) is 0 Å². The Morgan fingerprint density at radius 2 is 1.80 bits per heavy atom. The molecule has 0 aromatic rings. The van der Waals surface area contributed by atoms with Crippen molar-refractivity contribution in [1.29, 1.82) is 0 Å². The van der Waals surface area contributed by atoms with Gasteiger partial charge in [-0.1, -0.05) is 5.57 Å². The summed E-state index contributed by atoms with van der Waals surface area (Å²) in [6.45, 7) is 0. The van der Waals surface area contributed by atoms with Gasteiger partial charge in [0.25, 0.3) is 0 Å². The van der Waals surface area contributed by atoms with Gasteiger partial charge in [0, 0.05) is 11.9 Å². The summed E-state index contributed by atoms with van der Waals surface area (Å²) in [5.41, 5.74) is 0.732. The van der Waals surface area contributed by atoms with E-state index in [2.05, 4.69) is 0 Å². The van der Waals surface area contributed by atoms with Crippen LogP contribution in [0, 0.1) is 11.8 Å². The van der Waals surface area contributed by atoms with E-state index in [9.17, 15) is 19.8 Å². The van der Waals surface area contributed by atoms with E-state index < -0.39 is 17.9 Å². The van der Waals surface area contributed by atoms with Crippen molar-refractivity contribution in [3.63, 3.8) is 0 Å². The smallest absolute Gasteiger partial charge is 0.549 e. The first kappa shape index (κ1) is 15.7. The maximum Gasteiger partial charge on any atom is 1.00 e. The van der Waals surface area contributed by atoms with E-state index >= 15 is 0 Å². The van der Waals surface area contributed by atoms with Gasteiger partial charge in [-0.3, -0.25) is 0 Å². The number of carboxylic acids is 2. The largest absolute Gasteiger partial charge is 1.00 e. The zero-order chi connectivity index (χ0) is 9.59. The van der Waals surface area contributed by atoms with Gasteiger partial charge in [0.15, 0.2) is 0 Å². The van der Waals surface area contributed by atoms with Crippen molar-refractivity contribution in [3.05, 3.63) is 11.1 Å². The van der Waals surface area contributed by atoms with Gasteiger partial charge in [0.05, 0.1) is 5.97 Å². The number of hydrogen-bond donors (Lipinski definition) is 0. The molecule has 0 amide bonds. The first-order valence-electron chi connectivity index (χ1n) is 4.25. The van der Waals surface area contributed by atoms with E-state index in [0.717, 1.165) is 12.0 Å². The summed E-state index contributed by atoms with van der Waals surface area (Å²) in [5.74, 6) is -3.60. The normalized spacial score (nSPS) is 26.9. The second-order valence-electron chi connectivity index (χ2n) is 3.60. The molecule has 2 atom stereocenters. The minimum absolute atomic E-state index is 0. The molecule has 0 aromatic heterocycles. The number of fused-ring (bicyclic) bond motifs is 2. The molecule has 0 radical (unpaired) electrons. The standard InChI is InChI=1S/C9H10O4.2Na/c10-8(11)6-4-1-2-5(3-4)7(6)9(12)13;;/h4,6H,1-3H2,(H,10,11)(H,12,13);;/q;2*+1/p-2. The molecule has 6 heteroatoms. The van der Waals surface area contributed by atoms with Crippen molar-refractivity contribution in [2.45, 2.75) is 19.3 Å². The summed E-state index contributed by atoms with van der Waals surface area (Å²) in [7, 11) is 0. The van der Waals surface area contributed by atoms with Gasteiger partial charge in [-0.15, -0.1) is 0 Å². The topological polar surface area (TPSA) is 80.3 Å². The van der Waals surface area contributed by atoms with Crippen LogP contribution in [0.4, 0.5) is 0 Å². The first-order valence-corrected chi connectivity index (χ1v) is 4.25. The number of aliphatic carboxylic acids is 2. The van der Waals surface area contributed by atoms with Gasteiger partial charge in [-0.25, -0.2) is 0 Å². The van der Waals surface area contributed by atoms with E-state index in [1.807, 2.05) is 0 Å². The second-order valence-corrected chi connectivity index (χ2v) is 3.60. The van der Waals surface area contributed by atoms with E-state index in [1.54, 1.807) is 0 Å². The SMILES string of the molecule is O=C([O-])C1=C2CCC(C2)C1C(=O)[O-].[Na+].[Na+]. The van der Waals surface area contributed by atoms with Crippen LogP contribution < -0.4 is 69.3 Å². The fraction of sp³-hybridized carbons (Fsp3) is 0.556. The molecule has 0 N–H and O–H groups in total. The molecule has 1 fully saturated rings. The van der Waals surface area contributed by atoms with Crippen molar-refractivity contribution in [1.82, 2.24) is 0 Å². The maximum atomic E-state index is 10.7. The van der Waals surface area contributed by atoms with Gasteiger partial charge in [-0.2, -0.15) is 0 Å². The minimum Gasteiger partial charge on any atom is -0.549 e. The second kappa shape index (κ2) is 5.84. The van der Waals surface area contributed by atoms with Crippen molar-refractivity contribution in [3.8, 4) is 0 Å². The van der Waals surface area contributed by atoms with Crippen LogP contribution in [0.2, 0.25) is 0 Å². The van der Waals surface area contributed by atoms with Crippen molar-refractivity contribution >= 4 is 11.9 Å². The predicted octanol–water partition coefficient (Wildman–Crippen LogP) is -7.78. The van der Waals surface area contributed by atoms with E-state index in [4.69, 9.17) is 0 Å². The summed E-state index contributed by atoms with van der Waals surface area (Å²) in [5, 5.41) is 21.3. The molecule has 70 valence electrons. The predicted molar refractivity (Wildman–Crippen MR) is 37.9 cm³/mol. The van der Waals surface area contributed by atoms with E-state index in [-0.39, 0.29) is 70.6 Å². The molecule has 15 heavy (non-hydrogen) atoms. The Morgan fingerprint density at radius 1 is 1.20 bits per heavy atom. The molecule has 4 nitrogen and oxygen atoms in total. The molecule has 2 unspecified atom stereocenters. The van der Waals surface area contributed by atoms with Crippen LogP contribution >= 0.6 is 0 Å². The number of hydrogen-bond acceptors (Lipinski definition) is 4. The molecule has 2 bridgehead atoms. The third kappa shape index (κ3) is 2.68. The molecule has 1 saturated carbocycles. The van der Waals surface area contributed by atoms with E-state index in [1.165, 1.54) is 0 Å². The van der Waals surface area contributed by atoms with Gasteiger partial charge in [-0.05, 0) is 30.8 Å². The molecule has 2 rings (SSSR count). The molecule has 0 aliphatic heterocycles. The molecule has 0 aromatic carbocycles. The molecule has 0 heterocycles. The van der Waals surface area contributed by atoms with Gasteiger partial charge >= 0.3 is 59.1 Å². The number of rotatable bonds is 2. The van der Waals surface area contributed by atoms with Crippen LogP contribution in [0.15, 0.2) is 11.1 Å². The zero-order valence-corrected chi connectivity index (χ0v) is 12.9. The van der Waals surface area contributed by atoms with Gasteiger partial charge in [0.1, 0.15) is 0 Å².